The second-order valence-corrected chi connectivity index (χ2v) is 5.58. The van der Waals surface area contributed by atoms with Crippen LogP contribution < -0.4 is 4.90 Å². The van der Waals surface area contributed by atoms with Crippen LogP contribution in [0.2, 0.25) is 0 Å². The van der Waals surface area contributed by atoms with Crippen molar-refractivity contribution in [3.8, 4) is 0 Å². The SMILES string of the molecule is CCN1CCCC1CN(C)c1cncc(Br)c1. The van der Waals surface area contributed by atoms with E-state index in [0.29, 0.717) is 6.04 Å². The Kier molecular flexibility index (Phi) is 4.40. The second kappa shape index (κ2) is 5.83. The average Bonchev–Trinajstić information content (AvgIpc) is 2.76. The lowest BCUT2D eigenvalue weighted by molar-refractivity contribution is 0.270. The lowest BCUT2D eigenvalue weighted by Crippen LogP contribution is -2.38. The molecule has 0 N–H and O–H groups in total. The molecule has 4 heteroatoms. The summed E-state index contributed by atoms with van der Waals surface area (Å²) in [5.41, 5.74) is 1.18. The van der Waals surface area contributed by atoms with E-state index < -0.39 is 0 Å². The van der Waals surface area contributed by atoms with Crippen LogP contribution in [0.1, 0.15) is 19.8 Å². The molecule has 0 aliphatic carbocycles. The Balaban J connectivity index is 1.99. The molecule has 0 radical (unpaired) electrons. The summed E-state index contributed by atoms with van der Waals surface area (Å²) in [6, 6.07) is 2.82. The molecule has 0 amide bonds. The van der Waals surface area contributed by atoms with Crippen molar-refractivity contribution in [3.05, 3.63) is 22.9 Å². The number of rotatable bonds is 4. The minimum absolute atomic E-state index is 0.698. The minimum Gasteiger partial charge on any atom is -0.372 e. The van der Waals surface area contributed by atoms with Crippen molar-refractivity contribution in [3.63, 3.8) is 0 Å². The number of likely N-dealkylation sites (N-methyl/N-ethyl adjacent to an activating group) is 2. The number of anilines is 1. The molecule has 1 unspecified atom stereocenters. The first-order valence-corrected chi connectivity index (χ1v) is 7.05. The zero-order chi connectivity index (χ0) is 12.3. The van der Waals surface area contributed by atoms with Gasteiger partial charge in [0.05, 0.1) is 11.9 Å². The van der Waals surface area contributed by atoms with Crippen LogP contribution >= 0.6 is 15.9 Å². The van der Waals surface area contributed by atoms with Gasteiger partial charge in [-0.2, -0.15) is 0 Å². The van der Waals surface area contributed by atoms with Crippen LogP contribution in [0.3, 0.4) is 0 Å². The topological polar surface area (TPSA) is 19.4 Å². The summed E-state index contributed by atoms with van der Waals surface area (Å²) in [5.74, 6) is 0. The fourth-order valence-corrected chi connectivity index (χ4v) is 2.90. The second-order valence-electron chi connectivity index (χ2n) is 4.67. The Bertz CT molecular complexity index is 369. The van der Waals surface area contributed by atoms with E-state index in [0.717, 1.165) is 17.6 Å². The Hall–Kier alpha value is -0.610. The monoisotopic (exact) mass is 297 g/mol. The summed E-state index contributed by atoms with van der Waals surface area (Å²) in [4.78, 5) is 9.09. The quantitative estimate of drug-likeness (QED) is 0.852. The molecule has 1 fully saturated rings. The normalized spacial score (nSPS) is 20.8. The van der Waals surface area contributed by atoms with Gasteiger partial charge in [-0.3, -0.25) is 9.88 Å². The van der Waals surface area contributed by atoms with Crippen LogP contribution in [0.5, 0.6) is 0 Å². The lowest BCUT2D eigenvalue weighted by atomic mass is 10.2. The fourth-order valence-electron chi connectivity index (χ4n) is 2.55. The molecule has 1 saturated heterocycles. The Labute approximate surface area is 112 Å². The summed E-state index contributed by atoms with van der Waals surface area (Å²) >= 11 is 3.47. The average molecular weight is 298 g/mol. The van der Waals surface area contributed by atoms with Crippen molar-refractivity contribution >= 4 is 21.6 Å². The highest BCUT2D eigenvalue weighted by molar-refractivity contribution is 9.10. The van der Waals surface area contributed by atoms with E-state index in [1.54, 1.807) is 0 Å². The molecular formula is C13H20BrN3. The predicted octanol–water partition coefficient (Wildman–Crippen LogP) is 2.76. The Morgan fingerprint density at radius 3 is 3.06 bits per heavy atom. The molecule has 2 heterocycles. The third-order valence-electron chi connectivity index (χ3n) is 3.52. The molecule has 1 aliphatic heterocycles. The molecule has 94 valence electrons. The van der Waals surface area contributed by atoms with Crippen LogP contribution in [-0.2, 0) is 0 Å². The molecule has 1 aromatic rings. The number of likely N-dealkylation sites (tertiary alicyclic amines) is 1. The van der Waals surface area contributed by atoms with Gasteiger partial charge in [-0.15, -0.1) is 0 Å². The summed E-state index contributed by atoms with van der Waals surface area (Å²) in [7, 11) is 2.15. The van der Waals surface area contributed by atoms with Crippen molar-refractivity contribution in [1.29, 1.82) is 0 Å². The summed E-state index contributed by atoms with van der Waals surface area (Å²) < 4.78 is 1.04. The van der Waals surface area contributed by atoms with Gasteiger partial charge in [0.1, 0.15) is 0 Å². The van der Waals surface area contributed by atoms with Crippen molar-refractivity contribution in [2.24, 2.45) is 0 Å². The molecule has 0 bridgehead atoms. The predicted molar refractivity (Wildman–Crippen MR) is 75.5 cm³/mol. The smallest absolute Gasteiger partial charge is 0.0562 e. The lowest BCUT2D eigenvalue weighted by Gasteiger charge is -2.28. The molecular weight excluding hydrogens is 278 g/mol. The standard InChI is InChI=1S/C13H20BrN3/c1-3-17-6-4-5-12(17)10-16(2)13-7-11(14)8-15-9-13/h7-9,12H,3-6,10H2,1-2H3. The molecule has 3 nitrogen and oxygen atoms in total. The van der Waals surface area contributed by atoms with Crippen molar-refractivity contribution in [2.45, 2.75) is 25.8 Å². The molecule has 0 aromatic carbocycles. The van der Waals surface area contributed by atoms with Gasteiger partial charge in [0.25, 0.3) is 0 Å². The number of pyridine rings is 1. The number of hydrogen-bond acceptors (Lipinski definition) is 3. The van der Waals surface area contributed by atoms with E-state index in [2.05, 4.69) is 50.8 Å². The highest BCUT2D eigenvalue weighted by Gasteiger charge is 2.24. The highest BCUT2D eigenvalue weighted by atomic mass is 79.9. The van der Waals surface area contributed by atoms with Crippen LogP contribution in [0.15, 0.2) is 22.9 Å². The van der Waals surface area contributed by atoms with Gasteiger partial charge < -0.3 is 4.90 Å². The van der Waals surface area contributed by atoms with Gasteiger partial charge >= 0.3 is 0 Å². The molecule has 0 saturated carbocycles. The third-order valence-corrected chi connectivity index (χ3v) is 3.95. The zero-order valence-corrected chi connectivity index (χ0v) is 12.2. The molecule has 2 rings (SSSR count). The molecule has 1 atom stereocenters. The Morgan fingerprint density at radius 2 is 2.35 bits per heavy atom. The highest BCUT2D eigenvalue weighted by Crippen LogP contribution is 2.21. The van der Waals surface area contributed by atoms with Crippen molar-refractivity contribution in [1.82, 2.24) is 9.88 Å². The molecule has 17 heavy (non-hydrogen) atoms. The first-order valence-electron chi connectivity index (χ1n) is 6.26. The van der Waals surface area contributed by atoms with E-state index in [1.807, 2.05) is 12.4 Å². The largest absolute Gasteiger partial charge is 0.372 e. The van der Waals surface area contributed by atoms with Crippen LogP contribution in [0.25, 0.3) is 0 Å². The van der Waals surface area contributed by atoms with E-state index in [9.17, 15) is 0 Å². The maximum absolute atomic E-state index is 4.22. The number of nitrogens with zero attached hydrogens (tertiary/aromatic N) is 3. The number of halogens is 1. The van der Waals surface area contributed by atoms with Crippen LogP contribution in [0.4, 0.5) is 5.69 Å². The van der Waals surface area contributed by atoms with Crippen molar-refractivity contribution in [2.75, 3.05) is 31.6 Å². The molecule has 1 aromatic heterocycles. The van der Waals surface area contributed by atoms with Gasteiger partial charge in [-0.05, 0) is 47.9 Å². The molecule has 0 spiro atoms. The number of aromatic nitrogens is 1. The van der Waals surface area contributed by atoms with Gasteiger partial charge in [0.2, 0.25) is 0 Å². The van der Waals surface area contributed by atoms with E-state index in [4.69, 9.17) is 0 Å². The number of hydrogen-bond donors (Lipinski definition) is 0. The molecule has 1 aliphatic rings. The first kappa shape index (κ1) is 12.8. The maximum Gasteiger partial charge on any atom is 0.0562 e. The van der Waals surface area contributed by atoms with Crippen LogP contribution in [0, 0.1) is 0 Å². The zero-order valence-electron chi connectivity index (χ0n) is 10.6. The first-order chi connectivity index (χ1) is 8.20. The van der Waals surface area contributed by atoms with Gasteiger partial charge in [0, 0.05) is 30.3 Å². The summed E-state index contributed by atoms with van der Waals surface area (Å²) in [6.07, 6.45) is 6.41. The fraction of sp³-hybridized carbons (Fsp3) is 0.615. The van der Waals surface area contributed by atoms with E-state index in [1.165, 1.54) is 25.1 Å². The third kappa shape index (κ3) is 3.19. The minimum atomic E-state index is 0.698. The van der Waals surface area contributed by atoms with Gasteiger partial charge in [0.15, 0.2) is 0 Å². The summed E-state index contributed by atoms with van der Waals surface area (Å²) in [6.45, 7) is 5.76. The Morgan fingerprint density at radius 1 is 1.53 bits per heavy atom. The summed E-state index contributed by atoms with van der Waals surface area (Å²) in [5, 5.41) is 0. The van der Waals surface area contributed by atoms with Gasteiger partial charge in [-0.25, -0.2) is 0 Å². The maximum atomic E-state index is 4.22. The van der Waals surface area contributed by atoms with Crippen LogP contribution in [-0.4, -0.2) is 42.6 Å². The van der Waals surface area contributed by atoms with Gasteiger partial charge in [-0.1, -0.05) is 6.92 Å². The van der Waals surface area contributed by atoms with Crippen molar-refractivity contribution < 1.29 is 0 Å². The van der Waals surface area contributed by atoms with E-state index in [-0.39, 0.29) is 0 Å². The van der Waals surface area contributed by atoms with E-state index >= 15 is 0 Å².